The van der Waals surface area contributed by atoms with Gasteiger partial charge in [0.05, 0.1) is 13.3 Å². The van der Waals surface area contributed by atoms with Gasteiger partial charge in [0.25, 0.3) is 5.91 Å². The maximum atomic E-state index is 11.9. The summed E-state index contributed by atoms with van der Waals surface area (Å²) in [6.07, 6.45) is 1.63. The Balaban J connectivity index is 2.16. The Labute approximate surface area is 105 Å². The van der Waals surface area contributed by atoms with Crippen LogP contribution in [0.15, 0.2) is 24.4 Å². The van der Waals surface area contributed by atoms with Crippen LogP contribution < -0.4 is 10.1 Å². The minimum absolute atomic E-state index is 0.221. The highest BCUT2D eigenvalue weighted by Gasteiger charge is 2.09. The lowest BCUT2D eigenvalue weighted by Gasteiger charge is -2.06. The molecule has 0 bridgehead atoms. The van der Waals surface area contributed by atoms with Crippen molar-refractivity contribution in [1.82, 2.24) is 15.0 Å². The molecule has 0 fully saturated rings. The van der Waals surface area contributed by atoms with Crippen LogP contribution in [0.1, 0.15) is 15.9 Å². The summed E-state index contributed by atoms with van der Waals surface area (Å²) in [5, 5.41) is 10.2. The molecule has 6 nitrogen and oxygen atoms in total. The molecule has 0 saturated heterocycles. The summed E-state index contributed by atoms with van der Waals surface area (Å²) in [6, 6.07) is 5.24. The van der Waals surface area contributed by atoms with E-state index < -0.39 is 0 Å². The van der Waals surface area contributed by atoms with E-state index in [9.17, 15) is 4.79 Å². The lowest BCUT2D eigenvalue weighted by Crippen LogP contribution is -2.12. The fourth-order valence-electron chi connectivity index (χ4n) is 1.61. The number of hydrogen-bond donors (Lipinski definition) is 1. The molecule has 0 saturated carbocycles. The molecule has 0 atom stereocenters. The Bertz CT molecular complexity index is 577. The minimum Gasteiger partial charge on any atom is -0.496 e. The van der Waals surface area contributed by atoms with Gasteiger partial charge >= 0.3 is 0 Å². The van der Waals surface area contributed by atoms with Gasteiger partial charge in [0.15, 0.2) is 5.82 Å². The van der Waals surface area contributed by atoms with Gasteiger partial charge in [-0.15, -0.1) is 5.10 Å². The number of benzene rings is 1. The van der Waals surface area contributed by atoms with E-state index in [4.69, 9.17) is 4.74 Å². The van der Waals surface area contributed by atoms with Crippen molar-refractivity contribution in [2.75, 3.05) is 12.4 Å². The average molecular weight is 246 g/mol. The number of aromatic nitrogens is 3. The summed E-state index contributed by atoms with van der Waals surface area (Å²) in [5.74, 6) is 0.961. The van der Waals surface area contributed by atoms with Crippen molar-refractivity contribution in [3.63, 3.8) is 0 Å². The molecule has 1 N–H and O–H groups in total. The van der Waals surface area contributed by atoms with Crippen LogP contribution in [-0.4, -0.2) is 28.0 Å². The van der Waals surface area contributed by atoms with Gasteiger partial charge in [-0.3, -0.25) is 9.48 Å². The summed E-state index contributed by atoms with van der Waals surface area (Å²) >= 11 is 0. The summed E-state index contributed by atoms with van der Waals surface area (Å²) in [5.41, 5.74) is 1.46. The Morgan fingerprint density at radius 2 is 2.22 bits per heavy atom. The van der Waals surface area contributed by atoms with Crippen molar-refractivity contribution in [3.8, 4) is 5.75 Å². The summed E-state index contributed by atoms with van der Waals surface area (Å²) in [6.45, 7) is 1.89. The number of methoxy groups -OCH3 is 1. The molecule has 0 spiro atoms. The molecule has 0 aliphatic carbocycles. The van der Waals surface area contributed by atoms with E-state index in [1.165, 1.54) is 4.68 Å². The van der Waals surface area contributed by atoms with E-state index in [1.807, 2.05) is 6.92 Å². The monoisotopic (exact) mass is 246 g/mol. The predicted octanol–water partition coefficient (Wildman–Crippen LogP) is 1.38. The smallest absolute Gasteiger partial charge is 0.256 e. The average Bonchev–Trinajstić information content (AvgIpc) is 2.74. The molecule has 0 aliphatic heterocycles. The van der Waals surface area contributed by atoms with Gasteiger partial charge in [-0.2, -0.15) is 0 Å². The topological polar surface area (TPSA) is 69.0 Å². The third-order valence-corrected chi connectivity index (χ3v) is 2.50. The van der Waals surface area contributed by atoms with Gasteiger partial charge in [0, 0.05) is 12.6 Å². The molecule has 1 heterocycles. The molecular formula is C12H14N4O2. The first-order valence-electron chi connectivity index (χ1n) is 5.42. The molecule has 0 radical (unpaired) electrons. The summed E-state index contributed by atoms with van der Waals surface area (Å²) in [7, 11) is 3.34. The number of ether oxygens (including phenoxy) is 1. The van der Waals surface area contributed by atoms with Crippen molar-refractivity contribution in [3.05, 3.63) is 35.5 Å². The number of anilines is 1. The number of amides is 1. The first-order chi connectivity index (χ1) is 8.60. The highest BCUT2D eigenvalue weighted by atomic mass is 16.5. The molecule has 0 unspecified atom stereocenters. The van der Waals surface area contributed by atoms with Gasteiger partial charge in [-0.05, 0) is 30.7 Å². The van der Waals surface area contributed by atoms with Crippen LogP contribution >= 0.6 is 0 Å². The van der Waals surface area contributed by atoms with Gasteiger partial charge < -0.3 is 10.1 Å². The van der Waals surface area contributed by atoms with Crippen LogP contribution in [0, 0.1) is 6.92 Å². The number of aryl methyl sites for hydroxylation is 2. The van der Waals surface area contributed by atoms with Gasteiger partial charge in [0.1, 0.15) is 5.75 Å². The molecule has 94 valence electrons. The zero-order valence-electron chi connectivity index (χ0n) is 10.5. The lowest BCUT2D eigenvalue weighted by molar-refractivity contribution is 0.102. The maximum absolute atomic E-state index is 11.9. The molecular weight excluding hydrogens is 232 g/mol. The zero-order chi connectivity index (χ0) is 13.1. The zero-order valence-corrected chi connectivity index (χ0v) is 10.5. The molecule has 6 heteroatoms. The molecule has 1 aromatic carbocycles. The van der Waals surface area contributed by atoms with Crippen LogP contribution in [0.2, 0.25) is 0 Å². The number of rotatable bonds is 3. The molecule has 0 aliphatic rings. The second kappa shape index (κ2) is 4.87. The predicted molar refractivity (Wildman–Crippen MR) is 66.7 cm³/mol. The minimum atomic E-state index is -0.221. The van der Waals surface area contributed by atoms with Gasteiger partial charge in [-0.25, -0.2) is 0 Å². The van der Waals surface area contributed by atoms with E-state index in [-0.39, 0.29) is 5.91 Å². The van der Waals surface area contributed by atoms with Crippen LogP contribution in [-0.2, 0) is 7.05 Å². The van der Waals surface area contributed by atoms with E-state index in [2.05, 4.69) is 15.6 Å². The second-order valence-corrected chi connectivity index (χ2v) is 3.92. The van der Waals surface area contributed by atoms with Crippen molar-refractivity contribution in [2.24, 2.45) is 7.05 Å². The summed E-state index contributed by atoms with van der Waals surface area (Å²) in [4.78, 5) is 11.9. The van der Waals surface area contributed by atoms with E-state index in [1.54, 1.807) is 38.6 Å². The highest BCUT2D eigenvalue weighted by molar-refractivity contribution is 6.03. The molecule has 2 aromatic rings. The Morgan fingerprint density at radius 3 is 2.78 bits per heavy atom. The standard InChI is InChI=1S/C12H14N4O2/c1-8-6-9(4-5-10(8)18-3)12(17)13-11-7-16(2)15-14-11/h4-7H,1-3H3,(H,13,17). The number of nitrogens with one attached hydrogen (secondary N) is 1. The number of nitrogens with zero attached hydrogens (tertiary/aromatic N) is 3. The second-order valence-electron chi connectivity index (χ2n) is 3.92. The van der Waals surface area contributed by atoms with Crippen molar-refractivity contribution in [1.29, 1.82) is 0 Å². The van der Waals surface area contributed by atoms with Gasteiger partial charge in [0.2, 0.25) is 0 Å². The number of carbonyl (C=O) groups excluding carboxylic acids is 1. The largest absolute Gasteiger partial charge is 0.496 e. The van der Waals surface area contributed by atoms with Crippen molar-refractivity contribution < 1.29 is 9.53 Å². The molecule has 18 heavy (non-hydrogen) atoms. The van der Waals surface area contributed by atoms with E-state index >= 15 is 0 Å². The number of hydrogen-bond acceptors (Lipinski definition) is 4. The Kier molecular flexibility index (Phi) is 3.27. The highest BCUT2D eigenvalue weighted by Crippen LogP contribution is 2.18. The van der Waals surface area contributed by atoms with E-state index in [0.717, 1.165) is 11.3 Å². The Morgan fingerprint density at radius 1 is 1.44 bits per heavy atom. The fourth-order valence-corrected chi connectivity index (χ4v) is 1.61. The van der Waals surface area contributed by atoms with Crippen LogP contribution in [0.3, 0.4) is 0 Å². The third kappa shape index (κ3) is 2.48. The lowest BCUT2D eigenvalue weighted by atomic mass is 10.1. The normalized spacial score (nSPS) is 10.2. The van der Waals surface area contributed by atoms with Gasteiger partial charge in [-0.1, -0.05) is 5.21 Å². The van der Waals surface area contributed by atoms with Crippen LogP contribution in [0.25, 0.3) is 0 Å². The van der Waals surface area contributed by atoms with Crippen LogP contribution in [0.5, 0.6) is 5.75 Å². The Hall–Kier alpha value is -2.37. The maximum Gasteiger partial charge on any atom is 0.256 e. The summed E-state index contributed by atoms with van der Waals surface area (Å²) < 4.78 is 6.67. The SMILES string of the molecule is COc1ccc(C(=O)Nc2cn(C)nn2)cc1C. The first kappa shape index (κ1) is 12.1. The van der Waals surface area contributed by atoms with E-state index in [0.29, 0.717) is 11.4 Å². The van der Waals surface area contributed by atoms with Crippen molar-refractivity contribution >= 4 is 11.7 Å². The fraction of sp³-hybridized carbons (Fsp3) is 0.250. The molecule has 2 rings (SSSR count). The van der Waals surface area contributed by atoms with Crippen LogP contribution in [0.4, 0.5) is 5.82 Å². The number of carbonyl (C=O) groups is 1. The third-order valence-electron chi connectivity index (χ3n) is 2.50. The first-order valence-corrected chi connectivity index (χ1v) is 5.42. The van der Waals surface area contributed by atoms with Crippen molar-refractivity contribution in [2.45, 2.75) is 6.92 Å². The quantitative estimate of drug-likeness (QED) is 0.888. The molecule has 1 amide bonds. The molecule has 1 aromatic heterocycles.